The first-order valence-corrected chi connectivity index (χ1v) is 9.54. The summed E-state index contributed by atoms with van der Waals surface area (Å²) in [6.45, 7) is 1.42. The number of anilines is 1. The van der Waals surface area contributed by atoms with Gasteiger partial charge >= 0.3 is 0 Å². The topological polar surface area (TPSA) is 115 Å². The molecule has 1 atom stereocenters. The number of benzene rings is 1. The quantitative estimate of drug-likeness (QED) is 0.709. The lowest BCUT2D eigenvalue weighted by Gasteiger charge is -2.22. The Balaban J connectivity index is 1.49. The molecule has 0 aliphatic carbocycles. The van der Waals surface area contributed by atoms with Crippen LogP contribution in [0.2, 0.25) is 0 Å². The average Bonchev–Trinajstić information content (AvgIpc) is 2.99. The molecule has 0 spiro atoms. The maximum Gasteiger partial charge on any atom is 0.255 e. The number of fused-ring (bicyclic) bond motifs is 1. The summed E-state index contributed by atoms with van der Waals surface area (Å²) in [5.74, 6) is 0.390. The summed E-state index contributed by atoms with van der Waals surface area (Å²) in [4.78, 5) is 38.0. The molecule has 1 saturated heterocycles. The van der Waals surface area contributed by atoms with Crippen molar-refractivity contribution in [3.63, 3.8) is 0 Å². The Morgan fingerprint density at radius 2 is 1.97 bits per heavy atom. The summed E-state index contributed by atoms with van der Waals surface area (Å²) in [6, 6.07) is 9.17. The predicted octanol–water partition coefficient (Wildman–Crippen LogP) is 1.98. The van der Waals surface area contributed by atoms with Gasteiger partial charge in [0.15, 0.2) is 11.5 Å². The molecular formula is C21H20N6O2. The maximum atomic E-state index is 12.9. The molecule has 8 nitrogen and oxygen atoms in total. The van der Waals surface area contributed by atoms with Gasteiger partial charge in [-0.1, -0.05) is 18.2 Å². The smallest absolute Gasteiger partial charge is 0.255 e. The van der Waals surface area contributed by atoms with Gasteiger partial charge in [-0.15, -0.1) is 0 Å². The van der Waals surface area contributed by atoms with Crippen molar-refractivity contribution in [2.24, 2.45) is 0 Å². The first-order valence-electron chi connectivity index (χ1n) is 9.54. The Labute approximate surface area is 167 Å². The van der Waals surface area contributed by atoms with E-state index in [2.05, 4.69) is 26.3 Å². The van der Waals surface area contributed by atoms with E-state index >= 15 is 0 Å². The average molecular weight is 388 g/mol. The van der Waals surface area contributed by atoms with Crippen molar-refractivity contribution < 1.29 is 4.79 Å². The zero-order chi connectivity index (χ0) is 20.2. The molecule has 3 aromatic rings. The van der Waals surface area contributed by atoms with E-state index in [1.54, 1.807) is 24.4 Å². The molecule has 146 valence electrons. The molecule has 29 heavy (non-hydrogen) atoms. The lowest BCUT2D eigenvalue weighted by molar-refractivity contribution is 0.0935. The molecule has 1 aliphatic rings. The zero-order valence-electron chi connectivity index (χ0n) is 15.8. The molecule has 8 heteroatoms. The second-order valence-electron chi connectivity index (χ2n) is 7.01. The summed E-state index contributed by atoms with van der Waals surface area (Å²) in [5.41, 5.74) is 0.566. The number of aromatic nitrogens is 3. The van der Waals surface area contributed by atoms with Gasteiger partial charge in [-0.2, -0.15) is 5.26 Å². The summed E-state index contributed by atoms with van der Waals surface area (Å²) in [7, 11) is 0. The van der Waals surface area contributed by atoms with Gasteiger partial charge in [-0.25, -0.2) is 9.97 Å². The van der Waals surface area contributed by atoms with Crippen molar-refractivity contribution in [1.29, 1.82) is 5.26 Å². The van der Waals surface area contributed by atoms with Gasteiger partial charge in [0.1, 0.15) is 6.07 Å². The molecular weight excluding hydrogens is 368 g/mol. The van der Waals surface area contributed by atoms with Crippen LogP contribution in [0, 0.1) is 11.3 Å². The van der Waals surface area contributed by atoms with Crippen LogP contribution in [-0.4, -0.2) is 40.0 Å². The highest BCUT2D eigenvalue weighted by atomic mass is 16.2. The van der Waals surface area contributed by atoms with Gasteiger partial charge < -0.3 is 15.2 Å². The van der Waals surface area contributed by atoms with Crippen LogP contribution in [0.4, 0.5) is 5.82 Å². The van der Waals surface area contributed by atoms with Crippen LogP contribution >= 0.6 is 0 Å². The monoisotopic (exact) mass is 388 g/mol. The summed E-state index contributed by atoms with van der Waals surface area (Å²) < 4.78 is 0. The highest BCUT2D eigenvalue weighted by molar-refractivity contribution is 6.06. The Kier molecular flexibility index (Phi) is 5.20. The molecule has 0 bridgehead atoms. The lowest BCUT2D eigenvalue weighted by atomic mass is 10.1. The molecule has 3 heterocycles. The lowest BCUT2D eigenvalue weighted by Crippen LogP contribution is -2.36. The number of nitriles is 1. The third-order valence-electron chi connectivity index (χ3n) is 5.20. The fraction of sp³-hybridized carbons (Fsp3) is 0.286. The van der Waals surface area contributed by atoms with Crippen LogP contribution in [0.1, 0.15) is 35.3 Å². The van der Waals surface area contributed by atoms with E-state index in [9.17, 15) is 14.9 Å². The fourth-order valence-electron chi connectivity index (χ4n) is 3.75. The normalized spacial score (nSPS) is 16.8. The van der Waals surface area contributed by atoms with Gasteiger partial charge in [-0.3, -0.25) is 9.59 Å². The molecule has 1 aliphatic heterocycles. The van der Waals surface area contributed by atoms with Gasteiger partial charge in [0.25, 0.3) is 11.5 Å². The van der Waals surface area contributed by atoms with E-state index in [-0.39, 0.29) is 17.5 Å². The molecule has 1 aromatic carbocycles. The molecule has 1 fully saturated rings. The second kappa shape index (κ2) is 8.10. The molecule has 2 N–H and O–H groups in total. The van der Waals surface area contributed by atoms with Crippen molar-refractivity contribution in [3.8, 4) is 6.07 Å². The minimum Gasteiger partial charge on any atom is -0.354 e. The van der Waals surface area contributed by atoms with Crippen molar-refractivity contribution in [3.05, 3.63) is 64.5 Å². The number of pyridine rings is 1. The van der Waals surface area contributed by atoms with E-state index in [1.807, 2.05) is 11.0 Å². The van der Waals surface area contributed by atoms with Crippen LogP contribution in [0.15, 0.2) is 47.7 Å². The molecule has 4 rings (SSSR count). The summed E-state index contributed by atoms with van der Waals surface area (Å²) in [5, 5.41) is 13.5. The van der Waals surface area contributed by atoms with Crippen molar-refractivity contribution >= 4 is 22.5 Å². The first kappa shape index (κ1) is 18.6. The number of carbonyl (C=O) groups excluding carboxylic acids is 1. The van der Waals surface area contributed by atoms with Crippen LogP contribution in [0.25, 0.3) is 10.8 Å². The summed E-state index contributed by atoms with van der Waals surface area (Å²) in [6.07, 6.45) is 6.99. The van der Waals surface area contributed by atoms with Crippen LogP contribution in [-0.2, 0) is 0 Å². The first-order chi connectivity index (χ1) is 14.2. The van der Waals surface area contributed by atoms with Gasteiger partial charge in [0, 0.05) is 48.5 Å². The predicted molar refractivity (Wildman–Crippen MR) is 109 cm³/mol. The second-order valence-corrected chi connectivity index (χ2v) is 7.01. The van der Waals surface area contributed by atoms with Crippen LogP contribution in [0.3, 0.4) is 0 Å². The summed E-state index contributed by atoms with van der Waals surface area (Å²) >= 11 is 0. The minimum atomic E-state index is -0.209. The Hall–Kier alpha value is -3.73. The number of aromatic amines is 1. The van der Waals surface area contributed by atoms with E-state index in [1.165, 1.54) is 12.4 Å². The Morgan fingerprint density at radius 1 is 1.17 bits per heavy atom. The number of nitrogens with one attached hydrogen (secondary N) is 2. The Morgan fingerprint density at radius 3 is 2.79 bits per heavy atom. The minimum absolute atomic E-state index is 0.000368. The Bertz CT molecular complexity index is 1150. The highest BCUT2D eigenvalue weighted by Crippen LogP contribution is 2.20. The number of hydrogen-bond donors (Lipinski definition) is 2. The molecule has 1 unspecified atom stereocenters. The van der Waals surface area contributed by atoms with Crippen LogP contribution in [0.5, 0.6) is 0 Å². The van der Waals surface area contributed by atoms with Crippen molar-refractivity contribution in [1.82, 2.24) is 20.3 Å². The third-order valence-corrected chi connectivity index (χ3v) is 5.20. The fourth-order valence-corrected chi connectivity index (χ4v) is 3.75. The van der Waals surface area contributed by atoms with E-state index in [4.69, 9.17) is 0 Å². The van der Waals surface area contributed by atoms with E-state index < -0.39 is 0 Å². The number of carbonyl (C=O) groups is 1. The maximum absolute atomic E-state index is 12.9. The number of H-pyrrole nitrogens is 1. The number of nitrogens with zero attached hydrogens (tertiary/aromatic N) is 4. The molecule has 1 amide bonds. The molecule has 2 aromatic heterocycles. The van der Waals surface area contributed by atoms with E-state index in [0.717, 1.165) is 25.8 Å². The van der Waals surface area contributed by atoms with Gasteiger partial charge in [-0.05, 0) is 25.3 Å². The largest absolute Gasteiger partial charge is 0.354 e. The number of rotatable bonds is 3. The SMILES string of the molecule is N#Cc1nccnc1N1CCCC(NC(=O)c2c[nH]c(=O)c3ccccc23)CC1. The van der Waals surface area contributed by atoms with Crippen LogP contribution < -0.4 is 15.8 Å². The van der Waals surface area contributed by atoms with Crippen molar-refractivity contribution in [2.75, 3.05) is 18.0 Å². The van der Waals surface area contributed by atoms with E-state index in [0.29, 0.717) is 34.4 Å². The zero-order valence-corrected chi connectivity index (χ0v) is 15.8. The molecule has 0 radical (unpaired) electrons. The highest BCUT2D eigenvalue weighted by Gasteiger charge is 2.22. The molecule has 0 saturated carbocycles. The third kappa shape index (κ3) is 3.80. The van der Waals surface area contributed by atoms with Gasteiger partial charge in [0.05, 0.1) is 5.56 Å². The number of amides is 1. The number of hydrogen-bond acceptors (Lipinski definition) is 6. The van der Waals surface area contributed by atoms with Crippen molar-refractivity contribution in [2.45, 2.75) is 25.3 Å². The standard InChI is InChI=1S/C21H20N6O2/c22-12-18-19(24-9-8-23-18)27-10-3-4-14(7-11-27)26-21(29)17-13-25-20(28)16-6-2-1-5-15(16)17/h1-2,5-6,8-9,13-14H,3-4,7,10-11H2,(H,25,28)(H,26,29). The van der Waals surface area contributed by atoms with Gasteiger partial charge in [0.2, 0.25) is 0 Å².